The van der Waals surface area contributed by atoms with E-state index in [4.69, 9.17) is 11.6 Å². The predicted octanol–water partition coefficient (Wildman–Crippen LogP) is 4.38. The SMILES string of the molecule is Cc1ccc([C@H](C)NC(=O)CCCN(c2cc(Cl)ccc2C)S(C)(=O)=O)cc1. The summed E-state index contributed by atoms with van der Waals surface area (Å²) in [6, 6.07) is 13.0. The van der Waals surface area contributed by atoms with Gasteiger partial charge in [0.15, 0.2) is 0 Å². The van der Waals surface area contributed by atoms with Crippen molar-refractivity contribution in [3.8, 4) is 0 Å². The Morgan fingerprint density at radius 2 is 1.79 bits per heavy atom. The average molecular weight is 423 g/mol. The molecule has 2 aromatic carbocycles. The second kappa shape index (κ2) is 9.43. The molecule has 2 aromatic rings. The largest absolute Gasteiger partial charge is 0.350 e. The molecule has 0 bridgehead atoms. The first kappa shape index (κ1) is 22.2. The van der Waals surface area contributed by atoms with Crippen molar-refractivity contribution in [3.05, 3.63) is 64.2 Å². The first-order valence-electron chi connectivity index (χ1n) is 9.17. The Morgan fingerprint density at radius 3 is 2.39 bits per heavy atom. The number of benzene rings is 2. The Balaban J connectivity index is 1.97. The molecular formula is C21H27ClN2O3S. The molecule has 2 rings (SSSR count). The van der Waals surface area contributed by atoms with Crippen LogP contribution in [0.15, 0.2) is 42.5 Å². The van der Waals surface area contributed by atoms with Crippen molar-refractivity contribution in [1.82, 2.24) is 5.32 Å². The van der Waals surface area contributed by atoms with E-state index in [2.05, 4.69) is 5.32 Å². The lowest BCUT2D eigenvalue weighted by molar-refractivity contribution is -0.121. The van der Waals surface area contributed by atoms with Gasteiger partial charge in [-0.15, -0.1) is 0 Å². The number of nitrogens with zero attached hydrogens (tertiary/aromatic N) is 1. The maximum atomic E-state index is 12.3. The van der Waals surface area contributed by atoms with Gasteiger partial charge in [-0.2, -0.15) is 0 Å². The first-order valence-corrected chi connectivity index (χ1v) is 11.4. The van der Waals surface area contributed by atoms with Crippen LogP contribution in [0.25, 0.3) is 0 Å². The minimum Gasteiger partial charge on any atom is -0.350 e. The quantitative estimate of drug-likeness (QED) is 0.686. The van der Waals surface area contributed by atoms with Crippen molar-refractivity contribution in [1.29, 1.82) is 0 Å². The third-order valence-electron chi connectivity index (χ3n) is 4.56. The number of hydrogen-bond donors (Lipinski definition) is 1. The number of aryl methyl sites for hydroxylation is 2. The molecule has 0 spiro atoms. The van der Waals surface area contributed by atoms with Crippen LogP contribution in [0, 0.1) is 13.8 Å². The van der Waals surface area contributed by atoms with Crippen LogP contribution in [0.3, 0.4) is 0 Å². The van der Waals surface area contributed by atoms with Gasteiger partial charge in [0.2, 0.25) is 15.9 Å². The molecule has 0 saturated heterocycles. The molecule has 5 nitrogen and oxygen atoms in total. The highest BCUT2D eigenvalue weighted by atomic mass is 35.5. The van der Waals surface area contributed by atoms with E-state index >= 15 is 0 Å². The van der Waals surface area contributed by atoms with Crippen LogP contribution in [0.2, 0.25) is 5.02 Å². The lowest BCUT2D eigenvalue weighted by atomic mass is 10.1. The highest BCUT2D eigenvalue weighted by Crippen LogP contribution is 2.26. The van der Waals surface area contributed by atoms with E-state index in [0.717, 1.165) is 17.4 Å². The molecule has 152 valence electrons. The lowest BCUT2D eigenvalue weighted by Gasteiger charge is -2.24. The van der Waals surface area contributed by atoms with Crippen molar-refractivity contribution in [2.45, 2.75) is 39.7 Å². The van der Waals surface area contributed by atoms with Crippen molar-refractivity contribution in [3.63, 3.8) is 0 Å². The minimum atomic E-state index is -3.48. The Kier molecular flexibility index (Phi) is 7.49. The summed E-state index contributed by atoms with van der Waals surface area (Å²) in [5.74, 6) is -0.107. The molecule has 0 fully saturated rings. The summed E-state index contributed by atoms with van der Waals surface area (Å²) in [7, 11) is -3.48. The van der Waals surface area contributed by atoms with Gasteiger partial charge in [-0.3, -0.25) is 9.10 Å². The van der Waals surface area contributed by atoms with Gasteiger partial charge in [0, 0.05) is 18.0 Å². The van der Waals surface area contributed by atoms with Crippen LogP contribution in [0.5, 0.6) is 0 Å². The zero-order valence-corrected chi connectivity index (χ0v) is 18.3. The monoisotopic (exact) mass is 422 g/mol. The number of nitrogens with one attached hydrogen (secondary N) is 1. The summed E-state index contributed by atoms with van der Waals surface area (Å²) in [6.07, 6.45) is 1.81. The van der Waals surface area contributed by atoms with E-state index in [0.29, 0.717) is 17.1 Å². The van der Waals surface area contributed by atoms with Gasteiger partial charge < -0.3 is 5.32 Å². The molecule has 0 radical (unpaired) electrons. The molecule has 0 aromatic heterocycles. The fourth-order valence-electron chi connectivity index (χ4n) is 2.95. The van der Waals surface area contributed by atoms with Crippen LogP contribution in [0.1, 0.15) is 42.5 Å². The third-order valence-corrected chi connectivity index (χ3v) is 5.98. The summed E-state index contributed by atoms with van der Waals surface area (Å²) >= 11 is 6.04. The summed E-state index contributed by atoms with van der Waals surface area (Å²) in [4.78, 5) is 12.3. The number of hydrogen-bond acceptors (Lipinski definition) is 3. The van der Waals surface area contributed by atoms with Crippen LogP contribution in [0.4, 0.5) is 5.69 Å². The van der Waals surface area contributed by atoms with Crippen molar-refractivity contribution < 1.29 is 13.2 Å². The van der Waals surface area contributed by atoms with E-state index in [-0.39, 0.29) is 24.9 Å². The third kappa shape index (κ3) is 6.24. The Hall–Kier alpha value is -2.05. The highest BCUT2D eigenvalue weighted by Gasteiger charge is 2.20. The fourth-order valence-corrected chi connectivity index (χ4v) is 4.13. The smallest absolute Gasteiger partial charge is 0.232 e. The van der Waals surface area contributed by atoms with E-state index in [1.807, 2.05) is 45.0 Å². The fraction of sp³-hybridized carbons (Fsp3) is 0.381. The number of halogens is 1. The molecule has 0 aliphatic carbocycles. The van der Waals surface area contributed by atoms with Gasteiger partial charge in [-0.1, -0.05) is 47.5 Å². The van der Waals surface area contributed by atoms with Crippen LogP contribution in [-0.2, 0) is 14.8 Å². The van der Waals surface area contributed by atoms with E-state index < -0.39 is 10.0 Å². The van der Waals surface area contributed by atoms with E-state index in [9.17, 15) is 13.2 Å². The van der Waals surface area contributed by atoms with Crippen molar-refractivity contribution in [2.75, 3.05) is 17.1 Å². The molecular weight excluding hydrogens is 396 g/mol. The maximum absolute atomic E-state index is 12.3. The molecule has 0 heterocycles. The number of amides is 1. The van der Waals surface area contributed by atoms with Gasteiger partial charge in [-0.25, -0.2) is 8.42 Å². The molecule has 0 aliphatic heterocycles. The Labute approximate surface area is 172 Å². The van der Waals surface area contributed by atoms with Crippen LogP contribution in [-0.4, -0.2) is 27.1 Å². The number of carbonyl (C=O) groups is 1. The highest BCUT2D eigenvalue weighted by molar-refractivity contribution is 7.92. The molecule has 0 aliphatic rings. The zero-order valence-electron chi connectivity index (χ0n) is 16.7. The zero-order chi connectivity index (χ0) is 20.9. The summed E-state index contributed by atoms with van der Waals surface area (Å²) in [5.41, 5.74) is 3.56. The molecule has 0 saturated carbocycles. The van der Waals surface area contributed by atoms with Gasteiger partial charge in [0.1, 0.15) is 0 Å². The Morgan fingerprint density at radius 1 is 1.14 bits per heavy atom. The average Bonchev–Trinajstić information content (AvgIpc) is 2.60. The molecule has 7 heteroatoms. The van der Waals surface area contributed by atoms with E-state index in [1.54, 1.807) is 18.2 Å². The normalized spacial score (nSPS) is 12.5. The lowest BCUT2D eigenvalue weighted by Crippen LogP contribution is -2.33. The number of carbonyl (C=O) groups excluding carboxylic acids is 1. The van der Waals surface area contributed by atoms with Gasteiger partial charge >= 0.3 is 0 Å². The minimum absolute atomic E-state index is 0.103. The Bertz CT molecular complexity index is 927. The molecule has 1 atom stereocenters. The number of rotatable bonds is 8. The van der Waals surface area contributed by atoms with Crippen molar-refractivity contribution >= 4 is 33.2 Å². The molecule has 28 heavy (non-hydrogen) atoms. The van der Waals surface area contributed by atoms with E-state index in [1.165, 1.54) is 9.87 Å². The summed E-state index contributed by atoms with van der Waals surface area (Å²) in [5, 5.41) is 3.43. The standard InChI is InChI=1S/C21H27ClN2O3S/c1-15-7-10-18(11-8-15)17(3)23-21(25)6-5-13-24(28(4,26)27)20-14-19(22)12-9-16(20)2/h7-12,14,17H,5-6,13H2,1-4H3,(H,23,25)/t17-/m0/s1. The van der Waals surface area contributed by atoms with Crippen LogP contribution < -0.4 is 9.62 Å². The molecule has 1 amide bonds. The first-order chi connectivity index (χ1) is 13.1. The van der Waals surface area contributed by atoms with Gasteiger partial charge in [0.25, 0.3) is 0 Å². The molecule has 1 N–H and O–H groups in total. The second-order valence-electron chi connectivity index (χ2n) is 7.07. The summed E-state index contributed by atoms with van der Waals surface area (Å²) < 4.78 is 25.8. The topological polar surface area (TPSA) is 66.5 Å². The maximum Gasteiger partial charge on any atom is 0.232 e. The predicted molar refractivity (Wildman–Crippen MR) is 115 cm³/mol. The second-order valence-corrected chi connectivity index (χ2v) is 9.41. The van der Waals surface area contributed by atoms with Gasteiger partial charge in [-0.05, 0) is 50.5 Å². The van der Waals surface area contributed by atoms with Crippen LogP contribution >= 0.6 is 11.6 Å². The van der Waals surface area contributed by atoms with Crippen molar-refractivity contribution in [2.24, 2.45) is 0 Å². The summed E-state index contributed by atoms with van der Waals surface area (Å²) in [6.45, 7) is 6.00. The van der Waals surface area contributed by atoms with Gasteiger partial charge in [0.05, 0.1) is 18.0 Å². The number of sulfonamides is 1. The number of anilines is 1. The molecule has 0 unspecified atom stereocenters.